The van der Waals surface area contributed by atoms with E-state index < -0.39 is 0 Å². The van der Waals surface area contributed by atoms with E-state index in [0.29, 0.717) is 6.04 Å². The van der Waals surface area contributed by atoms with E-state index in [1.165, 1.54) is 16.0 Å². The van der Waals surface area contributed by atoms with Crippen molar-refractivity contribution in [3.05, 3.63) is 51.7 Å². The van der Waals surface area contributed by atoms with Crippen molar-refractivity contribution in [1.29, 1.82) is 0 Å². The first-order valence-corrected chi connectivity index (χ1v) is 6.97. The Morgan fingerprint density at radius 2 is 2.00 bits per heavy atom. The van der Waals surface area contributed by atoms with Crippen molar-refractivity contribution in [2.45, 2.75) is 19.4 Å². The molecule has 1 heterocycles. The van der Waals surface area contributed by atoms with Gasteiger partial charge in [0.15, 0.2) is 0 Å². The van der Waals surface area contributed by atoms with Crippen molar-refractivity contribution in [2.24, 2.45) is 0 Å². The lowest BCUT2D eigenvalue weighted by molar-refractivity contribution is 0.406. The monoisotopic (exact) mass is 297 g/mol. The number of nitrogens with one attached hydrogen (secondary N) is 1. The number of thiophene rings is 1. The zero-order chi connectivity index (χ0) is 13.0. The molecule has 0 radical (unpaired) electrons. The van der Waals surface area contributed by atoms with Gasteiger partial charge < -0.3 is 10.1 Å². The van der Waals surface area contributed by atoms with Gasteiger partial charge in [-0.15, -0.1) is 23.7 Å². The molecule has 0 aliphatic rings. The van der Waals surface area contributed by atoms with Crippen LogP contribution in [0.15, 0.2) is 35.7 Å². The number of rotatable bonds is 5. The molecule has 2 rings (SSSR count). The van der Waals surface area contributed by atoms with Gasteiger partial charge in [0, 0.05) is 10.9 Å². The third-order valence-corrected chi connectivity index (χ3v) is 4.32. The van der Waals surface area contributed by atoms with E-state index in [9.17, 15) is 0 Å². The molecule has 1 aromatic carbocycles. The van der Waals surface area contributed by atoms with Crippen LogP contribution in [0.2, 0.25) is 0 Å². The highest BCUT2D eigenvalue weighted by Crippen LogP contribution is 2.29. The number of likely N-dealkylation sites (N-methyl/N-ethyl adjacent to an activating group) is 1. The van der Waals surface area contributed by atoms with Gasteiger partial charge in [-0.05, 0) is 49.0 Å². The minimum atomic E-state index is 0. The molecule has 0 amide bonds. The van der Waals surface area contributed by atoms with E-state index in [0.717, 1.165) is 12.2 Å². The maximum atomic E-state index is 5.41. The molecule has 2 aromatic rings. The van der Waals surface area contributed by atoms with Gasteiger partial charge in [-0.25, -0.2) is 0 Å². The number of aryl methyl sites for hydroxylation is 1. The Bertz CT molecular complexity index is 512. The van der Waals surface area contributed by atoms with Crippen LogP contribution in [0.4, 0.5) is 0 Å². The predicted molar refractivity (Wildman–Crippen MR) is 84.8 cm³/mol. The first-order chi connectivity index (χ1) is 8.76. The normalized spacial score (nSPS) is 11.7. The lowest BCUT2D eigenvalue weighted by Crippen LogP contribution is -2.18. The van der Waals surface area contributed by atoms with Crippen molar-refractivity contribution in [1.82, 2.24) is 5.32 Å². The van der Waals surface area contributed by atoms with Crippen LogP contribution < -0.4 is 10.1 Å². The molecule has 19 heavy (non-hydrogen) atoms. The first kappa shape index (κ1) is 16.0. The quantitative estimate of drug-likeness (QED) is 0.901. The van der Waals surface area contributed by atoms with Crippen LogP contribution in [0.25, 0.3) is 0 Å². The minimum absolute atomic E-state index is 0. The van der Waals surface area contributed by atoms with E-state index in [1.807, 2.05) is 30.5 Å². The van der Waals surface area contributed by atoms with E-state index in [1.54, 1.807) is 7.11 Å². The number of hydrogen-bond acceptors (Lipinski definition) is 3. The highest BCUT2D eigenvalue weighted by Gasteiger charge is 2.15. The second-order valence-corrected chi connectivity index (χ2v) is 5.27. The summed E-state index contributed by atoms with van der Waals surface area (Å²) >= 11 is 1.81. The third-order valence-electron chi connectivity index (χ3n) is 3.18. The second kappa shape index (κ2) is 7.53. The Morgan fingerprint density at radius 3 is 2.58 bits per heavy atom. The van der Waals surface area contributed by atoms with Crippen LogP contribution in [0, 0.1) is 6.92 Å². The number of hydrogen-bond donors (Lipinski definition) is 1. The summed E-state index contributed by atoms with van der Waals surface area (Å²) in [4.78, 5) is 1.41. The average molecular weight is 298 g/mol. The summed E-state index contributed by atoms with van der Waals surface area (Å²) in [5.41, 5.74) is 2.60. The predicted octanol–water partition coefficient (Wildman–Crippen LogP) is 3.99. The minimum Gasteiger partial charge on any atom is -0.496 e. The molecule has 1 atom stereocenters. The summed E-state index contributed by atoms with van der Waals surface area (Å²) in [7, 11) is 3.74. The largest absolute Gasteiger partial charge is 0.496 e. The summed E-state index contributed by atoms with van der Waals surface area (Å²) in [6.45, 7) is 2.17. The van der Waals surface area contributed by atoms with Crippen molar-refractivity contribution in [3.8, 4) is 5.75 Å². The standard InChI is InChI=1S/C15H19NOS.ClH/c1-11-8-9-18-15(11)13(16-2)10-12-6-4-5-7-14(12)17-3;/h4-9,13,16H,10H2,1-3H3;1H. The number of methoxy groups -OCH3 is 1. The molecule has 0 saturated carbocycles. The summed E-state index contributed by atoms with van der Waals surface area (Å²) < 4.78 is 5.41. The maximum absolute atomic E-state index is 5.41. The first-order valence-electron chi connectivity index (χ1n) is 6.09. The van der Waals surface area contributed by atoms with Crippen LogP contribution in [0.5, 0.6) is 5.75 Å². The molecule has 0 fully saturated rings. The molecular formula is C15H20ClNOS. The number of para-hydroxylation sites is 1. The van der Waals surface area contributed by atoms with E-state index >= 15 is 0 Å². The highest BCUT2D eigenvalue weighted by atomic mass is 35.5. The molecule has 0 saturated heterocycles. The van der Waals surface area contributed by atoms with Crippen molar-refractivity contribution < 1.29 is 4.74 Å². The van der Waals surface area contributed by atoms with Gasteiger partial charge >= 0.3 is 0 Å². The molecule has 2 nitrogen and oxygen atoms in total. The van der Waals surface area contributed by atoms with Gasteiger partial charge in [-0.2, -0.15) is 0 Å². The highest BCUT2D eigenvalue weighted by molar-refractivity contribution is 7.10. The summed E-state index contributed by atoms with van der Waals surface area (Å²) in [6.07, 6.45) is 0.946. The number of halogens is 1. The van der Waals surface area contributed by atoms with Crippen molar-refractivity contribution >= 4 is 23.7 Å². The zero-order valence-corrected chi connectivity index (χ0v) is 13.1. The van der Waals surface area contributed by atoms with Crippen molar-refractivity contribution in [3.63, 3.8) is 0 Å². The molecule has 1 unspecified atom stereocenters. The van der Waals surface area contributed by atoms with Crippen LogP contribution in [-0.2, 0) is 6.42 Å². The molecule has 1 aromatic heterocycles. The van der Waals surface area contributed by atoms with E-state index in [-0.39, 0.29) is 12.4 Å². The Kier molecular flexibility index (Phi) is 6.35. The average Bonchev–Trinajstić information content (AvgIpc) is 2.82. The fraction of sp³-hybridized carbons (Fsp3) is 0.333. The van der Waals surface area contributed by atoms with E-state index in [2.05, 4.69) is 35.8 Å². The summed E-state index contributed by atoms with van der Waals surface area (Å²) in [5.74, 6) is 0.965. The number of ether oxygens (including phenoxy) is 1. The van der Waals surface area contributed by atoms with E-state index in [4.69, 9.17) is 4.74 Å². The Balaban J connectivity index is 0.00000180. The molecule has 0 bridgehead atoms. The van der Waals surface area contributed by atoms with Gasteiger partial charge in [0.2, 0.25) is 0 Å². The fourth-order valence-electron chi connectivity index (χ4n) is 2.16. The molecule has 0 spiro atoms. The maximum Gasteiger partial charge on any atom is 0.122 e. The Hall–Kier alpha value is -1.03. The molecule has 0 aliphatic heterocycles. The van der Waals surface area contributed by atoms with Gasteiger partial charge in [0.1, 0.15) is 5.75 Å². The molecule has 4 heteroatoms. The van der Waals surface area contributed by atoms with Gasteiger partial charge in [-0.3, -0.25) is 0 Å². The van der Waals surface area contributed by atoms with Gasteiger partial charge in [-0.1, -0.05) is 18.2 Å². The van der Waals surface area contributed by atoms with Crippen LogP contribution in [0.3, 0.4) is 0 Å². The third kappa shape index (κ3) is 3.72. The fourth-order valence-corrected chi connectivity index (χ4v) is 3.20. The van der Waals surface area contributed by atoms with Gasteiger partial charge in [0.05, 0.1) is 7.11 Å². The lowest BCUT2D eigenvalue weighted by Gasteiger charge is -2.17. The molecule has 104 valence electrons. The van der Waals surface area contributed by atoms with Gasteiger partial charge in [0.25, 0.3) is 0 Å². The topological polar surface area (TPSA) is 21.3 Å². The summed E-state index contributed by atoms with van der Waals surface area (Å²) in [6, 6.07) is 10.7. The lowest BCUT2D eigenvalue weighted by atomic mass is 10.0. The number of benzene rings is 1. The van der Waals surface area contributed by atoms with Crippen molar-refractivity contribution in [2.75, 3.05) is 14.2 Å². The summed E-state index contributed by atoms with van der Waals surface area (Å²) in [5, 5.41) is 5.55. The SMILES string of the molecule is CNC(Cc1ccccc1OC)c1sccc1C.Cl. The second-order valence-electron chi connectivity index (χ2n) is 4.33. The smallest absolute Gasteiger partial charge is 0.122 e. The molecule has 0 aliphatic carbocycles. The van der Waals surface area contributed by atoms with Crippen LogP contribution in [0.1, 0.15) is 22.0 Å². The Labute approximate surface area is 125 Å². The zero-order valence-electron chi connectivity index (χ0n) is 11.5. The molecular weight excluding hydrogens is 278 g/mol. The Morgan fingerprint density at radius 1 is 1.26 bits per heavy atom. The molecule has 1 N–H and O–H groups in total. The van der Waals surface area contributed by atoms with Crippen LogP contribution >= 0.6 is 23.7 Å². The van der Waals surface area contributed by atoms with Crippen LogP contribution in [-0.4, -0.2) is 14.2 Å².